The van der Waals surface area contributed by atoms with Crippen LogP contribution in [0.2, 0.25) is 0 Å². The van der Waals surface area contributed by atoms with Crippen LogP contribution in [0.3, 0.4) is 0 Å². The third kappa shape index (κ3) is 3.92. The van der Waals surface area contributed by atoms with Crippen LogP contribution >= 0.6 is 12.6 Å². The Balaban J connectivity index is 3.12. The number of nitrogens with zero attached hydrogens (tertiary/aromatic N) is 1. The van der Waals surface area contributed by atoms with Gasteiger partial charge in [-0.05, 0) is 11.6 Å². The van der Waals surface area contributed by atoms with E-state index in [0.717, 1.165) is 0 Å². The molecule has 0 aliphatic heterocycles. The van der Waals surface area contributed by atoms with Crippen molar-refractivity contribution in [3.8, 4) is 0 Å². The first kappa shape index (κ1) is 13.2. The lowest BCUT2D eigenvalue weighted by Crippen LogP contribution is -2.08. The van der Waals surface area contributed by atoms with E-state index in [1.165, 1.54) is 19.1 Å². The molecule has 1 rings (SSSR count). The molecule has 0 bridgehead atoms. The van der Waals surface area contributed by atoms with Gasteiger partial charge in [0.2, 0.25) is 5.91 Å². The van der Waals surface area contributed by atoms with Crippen molar-refractivity contribution in [1.29, 1.82) is 0 Å². The highest BCUT2D eigenvalue weighted by Crippen LogP contribution is 2.26. The number of nitro groups is 1. The van der Waals surface area contributed by atoms with Gasteiger partial charge in [0.05, 0.1) is 4.92 Å². The fourth-order valence-electron chi connectivity index (χ4n) is 1.29. The number of anilines is 1. The molecule has 0 saturated heterocycles. The van der Waals surface area contributed by atoms with Gasteiger partial charge >= 0.3 is 0 Å². The monoisotopic (exact) mass is 252 g/mol. The number of rotatable bonds is 4. The fraction of sp³-hybridized carbons (Fsp3) is 0.182. The molecule has 0 spiro atoms. The summed E-state index contributed by atoms with van der Waals surface area (Å²) in [5.41, 5.74) is 0.770. The summed E-state index contributed by atoms with van der Waals surface area (Å²) in [7, 11) is 0. The van der Waals surface area contributed by atoms with Crippen molar-refractivity contribution in [2.75, 3.05) is 11.1 Å². The predicted octanol–water partition coefficient (Wildman–Crippen LogP) is 2.50. The first-order chi connectivity index (χ1) is 8.04. The number of nitrogens with one attached hydrogen (secondary N) is 1. The van der Waals surface area contributed by atoms with Gasteiger partial charge in [0.25, 0.3) is 5.69 Å². The van der Waals surface area contributed by atoms with Crippen LogP contribution < -0.4 is 5.32 Å². The smallest absolute Gasteiger partial charge is 0.293 e. The molecule has 0 fully saturated rings. The third-order valence-corrected chi connectivity index (χ3v) is 2.16. The van der Waals surface area contributed by atoms with E-state index in [-0.39, 0.29) is 17.3 Å². The Morgan fingerprint density at radius 2 is 2.29 bits per heavy atom. The summed E-state index contributed by atoms with van der Waals surface area (Å²) in [5.74, 6) is 0.216. The summed E-state index contributed by atoms with van der Waals surface area (Å²) < 4.78 is 0. The van der Waals surface area contributed by atoms with E-state index in [4.69, 9.17) is 0 Å². The summed E-state index contributed by atoms with van der Waals surface area (Å²) in [5, 5.41) is 13.3. The van der Waals surface area contributed by atoms with Crippen LogP contribution in [0.1, 0.15) is 12.5 Å². The van der Waals surface area contributed by atoms with Crippen LogP contribution in [-0.2, 0) is 4.79 Å². The van der Waals surface area contributed by atoms with Crippen LogP contribution in [0, 0.1) is 10.1 Å². The Hall–Kier alpha value is -1.82. The summed E-state index contributed by atoms with van der Waals surface area (Å²) >= 11 is 4.01. The lowest BCUT2D eigenvalue weighted by Gasteiger charge is -2.04. The largest absolute Gasteiger partial charge is 0.321 e. The molecular weight excluding hydrogens is 240 g/mol. The minimum atomic E-state index is -0.524. The van der Waals surface area contributed by atoms with E-state index >= 15 is 0 Å². The zero-order valence-electron chi connectivity index (χ0n) is 9.21. The van der Waals surface area contributed by atoms with Crippen molar-refractivity contribution < 1.29 is 9.72 Å². The number of carbonyl (C=O) groups is 1. The molecule has 1 N–H and O–H groups in total. The minimum Gasteiger partial charge on any atom is -0.321 e. The number of carbonyl (C=O) groups excluding carboxylic acids is 1. The predicted molar refractivity (Wildman–Crippen MR) is 70.3 cm³/mol. The zero-order chi connectivity index (χ0) is 12.8. The van der Waals surface area contributed by atoms with Crippen LogP contribution in [0.5, 0.6) is 0 Å². The van der Waals surface area contributed by atoms with Gasteiger partial charge in [-0.1, -0.05) is 18.2 Å². The molecule has 0 aliphatic rings. The van der Waals surface area contributed by atoms with Crippen LogP contribution in [0.15, 0.2) is 24.3 Å². The van der Waals surface area contributed by atoms with E-state index in [1.807, 2.05) is 0 Å². The van der Waals surface area contributed by atoms with E-state index in [0.29, 0.717) is 11.3 Å². The second-order valence-electron chi connectivity index (χ2n) is 3.30. The standard InChI is InChI=1S/C11H12N2O3S/c1-8(14)12-10-5-4-9(3-2-6-17)7-11(10)13(15)16/h2-5,7,17H,6H2,1H3,(H,12,14). The summed E-state index contributed by atoms with van der Waals surface area (Å²) in [6, 6.07) is 4.61. The van der Waals surface area contributed by atoms with Crippen molar-refractivity contribution in [3.63, 3.8) is 0 Å². The maximum atomic E-state index is 10.9. The zero-order valence-corrected chi connectivity index (χ0v) is 10.1. The second-order valence-corrected chi connectivity index (χ2v) is 3.66. The second kappa shape index (κ2) is 6.05. The Kier molecular flexibility index (Phi) is 4.71. The molecule has 0 unspecified atom stereocenters. The topological polar surface area (TPSA) is 72.2 Å². The van der Waals surface area contributed by atoms with Gasteiger partial charge < -0.3 is 5.32 Å². The van der Waals surface area contributed by atoms with E-state index in [1.54, 1.807) is 18.2 Å². The quantitative estimate of drug-likeness (QED) is 0.491. The highest BCUT2D eigenvalue weighted by atomic mass is 32.1. The molecule has 1 amide bonds. The maximum Gasteiger partial charge on any atom is 0.293 e. The molecule has 5 nitrogen and oxygen atoms in total. The molecule has 90 valence electrons. The average molecular weight is 252 g/mol. The Morgan fingerprint density at radius 1 is 1.59 bits per heavy atom. The first-order valence-electron chi connectivity index (χ1n) is 4.88. The van der Waals surface area contributed by atoms with Crippen molar-refractivity contribution in [2.45, 2.75) is 6.92 Å². The van der Waals surface area contributed by atoms with Gasteiger partial charge in [-0.2, -0.15) is 12.6 Å². The van der Waals surface area contributed by atoms with Crippen molar-refractivity contribution in [2.24, 2.45) is 0 Å². The number of benzene rings is 1. The minimum absolute atomic E-state index is 0.124. The number of amides is 1. The van der Waals surface area contributed by atoms with Crippen LogP contribution in [0.4, 0.5) is 11.4 Å². The fourth-order valence-corrected chi connectivity index (χ4v) is 1.39. The summed E-state index contributed by atoms with van der Waals surface area (Å²) in [6.07, 6.45) is 3.51. The van der Waals surface area contributed by atoms with Gasteiger partial charge in [-0.3, -0.25) is 14.9 Å². The van der Waals surface area contributed by atoms with E-state index in [9.17, 15) is 14.9 Å². The maximum absolute atomic E-state index is 10.9. The third-order valence-electron chi connectivity index (χ3n) is 1.94. The number of hydrogen-bond donors (Lipinski definition) is 2. The summed E-state index contributed by atoms with van der Waals surface area (Å²) in [4.78, 5) is 21.2. The van der Waals surface area contributed by atoms with Crippen molar-refractivity contribution in [1.82, 2.24) is 0 Å². The molecule has 0 radical (unpaired) electrons. The molecule has 0 aromatic heterocycles. The highest BCUT2D eigenvalue weighted by Gasteiger charge is 2.14. The molecule has 17 heavy (non-hydrogen) atoms. The molecule has 1 aromatic carbocycles. The van der Waals surface area contributed by atoms with Gasteiger partial charge in [0, 0.05) is 18.7 Å². The molecular formula is C11H12N2O3S. The highest BCUT2D eigenvalue weighted by molar-refractivity contribution is 7.80. The number of thiol groups is 1. The number of hydrogen-bond acceptors (Lipinski definition) is 4. The summed E-state index contributed by atoms with van der Waals surface area (Å²) in [6.45, 7) is 1.30. The first-order valence-corrected chi connectivity index (χ1v) is 5.51. The van der Waals surface area contributed by atoms with Gasteiger partial charge in [0.15, 0.2) is 0 Å². The van der Waals surface area contributed by atoms with Gasteiger partial charge in [-0.25, -0.2) is 0 Å². The molecule has 0 atom stereocenters. The molecule has 1 aromatic rings. The van der Waals surface area contributed by atoms with Gasteiger partial charge in [0.1, 0.15) is 5.69 Å². The lowest BCUT2D eigenvalue weighted by molar-refractivity contribution is -0.383. The molecule has 0 heterocycles. The SMILES string of the molecule is CC(=O)Nc1ccc(C=CCS)cc1[N+](=O)[O-]. The Bertz CT molecular complexity index is 472. The molecule has 6 heteroatoms. The lowest BCUT2D eigenvalue weighted by atomic mass is 10.1. The Labute approximate surface area is 104 Å². The van der Waals surface area contributed by atoms with E-state index < -0.39 is 4.92 Å². The number of nitro benzene ring substituents is 1. The van der Waals surface area contributed by atoms with Crippen LogP contribution in [0.25, 0.3) is 6.08 Å². The average Bonchev–Trinajstić information content (AvgIpc) is 2.26. The van der Waals surface area contributed by atoms with Crippen molar-refractivity contribution >= 4 is 36.0 Å². The van der Waals surface area contributed by atoms with Gasteiger partial charge in [-0.15, -0.1) is 0 Å². The normalized spacial score (nSPS) is 10.5. The molecule has 0 aliphatic carbocycles. The Morgan fingerprint density at radius 3 is 2.82 bits per heavy atom. The molecule has 0 saturated carbocycles. The van der Waals surface area contributed by atoms with Crippen molar-refractivity contribution in [3.05, 3.63) is 40.0 Å². The van der Waals surface area contributed by atoms with Crippen LogP contribution in [-0.4, -0.2) is 16.6 Å². The van der Waals surface area contributed by atoms with E-state index in [2.05, 4.69) is 17.9 Å².